The normalized spacial score (nSPS) is 15.6. The van der Waals surface area contributed by atoms with Crippen molar-refractivity contribution in [1.82, 2.24) is 0 Å². The summed E-state index contributed by atoms with van der Waals surface area (Å²) in [6.45, 7) is 0. The van der Waals surface area contributed by atoms with E-state index in [0.29, 0.717) is 11.9 Å². The average Bonchev–Trinajstić information content (AvgIpc) is 2.99. The SMILES string of the molecule is CN(c1c(Cl)cccc1CCl)C1CC1. The molecule has 1 aliphatic carbocycles. The van der Waals surface area contributed by atoms with Gasteiger partial charge in [0.1, 0.15) is 0 Å². The molecule has 0 aliphatic heterocycles. The Hall–Kier alpha value is -0.400. The van der Waals surface area contributed by atoms with Gasteiger partial charge in [-0.3, -0.25) is 0 Å². The molecule has 1 aromatic carbocycles. The summed E-state index contributed by atoms with van der Waals surface area (Å²) in [6, 6.07) is 6.57. The zero-order valence-corrected chi connectivity index (χ0v) is 9.65. The third-order valence-corrected chi connectivity index (χ3v) is 3.25. The molecule has 1 fully saturated rings. The number of halogens is 2. The third-order valence-electron chi connectivity index (χ3n) is 2.66. The first-order valence-corrected chi connectivity index (χ1v) is 5.71. The van der Waals surface area contributed by atoms with Crippen LogP contribution in [0.3, 0.4) is 0 Å². The van der Waals surface area contributed by atoms with Crippen LogP contribution >= 0.6 is 23.2 Å². The molecule has 0 heterocycles. The Balaban J connectivity index is 2.37. The largest absolute Gasteiger partial charge is 0.370 e. The molecule has 1 saturated carbocycles. The second-order valence-corrected chi connectivity index (χ2v) is 4.40. The number of hydrogen-bond acceptors (Lipinski definition) is 1. The van der Waals surface area contributed by atoms with Crippen LogP contribution in [0.15, 0.2) is 18.2 Å². The Morgan fingerprint density at radius 2 is 2.14 bits per heavy atom. The average molecular weight is 230 g/mol. The van der Waals surface area contributed by atoms with Crippen LogP contribution < -0.4 is 4.90 Å². The van der Waals surface area contributed by atoms with E-state index in [0.717, 1.165) is 16.3 Å². The van der Waals surface area contributed by atoms with Gasteiger partial charge in [0.2, 0.25) is 0 Å². The van der Waals surface area contributed by atoms with Crippen molar-refractivity contribution in [2.75, 3.05) is 11.9 Å². The van der Waals surface area contributed by atoms with Gasteiger partial charge >= 0.3 is 0 Å². The quantitative estimate of drug-likeness (QED) is 0.716. The number of para-hydroxylation sites is 1. The van der Waals surface area contributed by atoms with Gasteiger partial charge in [-0.15, -0.1) is 11.6 Å². The molecule has 0 atom stereocenters. The standard InChI is InChI=1S/C11H13Cl2N/c1-14(9-5-6-9)11-8(7-12)3-2-4-10(11)13/h2-4,9H,5-7H2,1H3. The lowest BCUT2D eigenvalue weighted by atomic mass is 10.2. The zero-order valence-electron chi connectivity index (χ0n) is 8.13. The predicted octanol–water partition coefficient (Wildman–Crippen LogP) is 3.68. The molecule has 1 nitrogen and oxygen atoms in total. The van der Waals surface area contributed by atoms with Gasteiger partial charge in [-0.1, -0.05) is 23.7 Å². The summed E-state index contributed by atoms with van der Waals surface area (Å²) in [5.41, 5.74) is 2.22. The van der Waals surface area contributed by atoms with Crippen molar-refractivity contribution in [1.29, 1.82) is 0 Å². The highest BCUT2D eigenvalue weighted by Gasteiger charge is 2.28. The third kappa shape index (κ3) is 1.84. The van der Waals surface area contributed by atoms with Crippen molar-refractivity contribution in [2.45, 2.75) is 24.8 Å². The van der Waals surface area contributed by atoms with E-state index in [4.69, 9.17) is 23.2 Å². The van der Waals surface area contributed by atoms with E-state index in [1.807, 2.05) is 18.2 Å². The van der Waals surface area contributed by atoms with E-state index in [9.17, 15) is 0 Å². The zero-order chi connectivity index (χ0) is 10.1. The van der Waals surface area contributed by atoms with Crippen molar-refractivity contribution in [3.63, 3.8) is 0 Å². The van der Waals surface area contributed by atoms with Crippen LogP contribution in [0, 0.1) is 0 Å². The van der Waals surface area contributed by atoms with E-state index in [1.165, 1.54) is 12.8 Å². The first-order valence-electron chi connectivity index (χ1n) is 4.80. The first-order chi connectivity index (χ1) is 6.74. The number of nitrogens with zero attached hydrogens (tertiary/aromatic N) is 1. The van der Waals surface area contributed by atoms with E-state index >= 15 is 0 Å². The van der Waals surface area contributed by atoms with Crippen LogP contribution in [0.1, 0.15) is 18.4 Å². The molecule has 0 bridgehead atoms. The minimum absolute atomic E-state index is 0.521. The fraction of sp³-hybridized carbons (Fsp3) is 0.455. The molecule has 1 aromatic rings. The smallest absolute Gasteiger partial charge is 0.0642 e. The lowest BCUT2D eigenvalue weighted by molar-refractivity contribution is 0.910. The lowest BCUT2D eigenvalue weighted by Crippen LogP contribution is -2.21. The van der Waals surface area contributed by atoms with Crippen LogP contribution in [-0.4, -0.2) is 13.1 Å². The summed E-state index contributed by atoms with van der Waals surface area (Å²) in [7, 11) is 2.09. The molecule has 0 unspecified atom stereocenters. The second-order valence-electron chi connectivity index (χ2n) is 3.72. The van der Waals surface area contributed by atoms with Gasteiger partial charge in [-0.2, -0.15) is 0 Å². The van der Waals surface area contributed by atoms with E-state index < -0.39 is 0 Å². The van der Waals surface area contributed by atoms with Gasteiger partial charge in [0.05, 0.1) is 10.7 Å². The molecule has 0 radical (unpaired) electrons. The van der Waals surface area contributed by atoms with Crippen molar-refractivity contribution < 1.29 is 0 Å². The molecule has 3 heteroatoms. The topological polar surface area (TPSA) is 3.24 Å². The molecule has 0 N–H and O–H groups in total. The van der Waals surface area contributed by atoms with Crippen LogP contribution in [0.25, 0.3) is 0 Å². The van der Waals surface area contributed by atoms with Gasteiger partial charge in [0, 0.05) is 19.0 Å². The fourth-order valence-corrected chi connectivity index (χ4v) is 2.25. The lowest BCUT2D eigenvalue weighted by Gasteiger charge is -2.22. The maximum Gasteiger partial charge on any atom is 0.0642 e. The van der Waals surface area contributed by atoms with Crippen molar-refractivity contribution in [3.8, 4) is 0 Å². The predicted molar refractivity (Wildman–Crippen MR) is 62.4 cm³/mol. The molecule has 2 rings (SSSR count). The monoisotopic (exact) mass is 229 g/mol. The molecular weight excluding hydrogens is 217 g/mol. The Kier molecular flexibility index (Phi) is 2.89. The fourth-order valence-electron chi connectivity index (χ4n) is 1.71. The molecule has 0 amide bonds. The van der Waals surface area contributed by atoms with Crippen LogP contribution in [0.2, 0.25) is 5.02 Å². The van der Waals surface area contributed by atoms with Gasteiger partial charge in [0.15, 0.2) is 0 Å². The summed E-state index contributed by atoms with van der Waals surface area (Å²) in [5, 5.41) is 0.803. The van der Waals surface area contributed by atoms with Crippen molar-refractivity contribution in [2.24, 2.45) is 0 Å². The van der Waals surface area contributed by atoms with Crippen LogP contribution in [0.5, 0.6) is 0 Å². The minimum Gasteiger partial charge on any atom is -0.370 e. The number of benzene rings is 1. The van der Waals surface area contributed by atoms with Crippen molar-refractivity contribution >= 4 is 28.9 Å². The molecule has 14 heavy (non-hydrogen) atoms. The molecule has 76 valence electrons. The summed E-state index contributed by atoms with van der Waals surface area (Å²) >= 11 is 12.1. The van der Waals surface area contributed by atoms with Gasteiger partial charge < -0.3 is 4.90 Å². The maximum absolute atomic E-state index is 6.17. The molecule has 0 saturated heterocycles. The van der Waals surface area contributed by atoms with Gasteiger partial charge in [-0.05, 0) is 24.5 Å². The first kappa shape index (κ1) is 10.1. The summed E-state index contributed by atoms with van der Waals surface area (Å²) < 4.78 is 0. The highest BCUT2D eigenvalue weighted by atomic mass is 35.5. The number of alkyl halides is 1. The summed E-state index contributed by atoms with van der Waals surface area (Å²) in [6.07, 6.45) is 2.53. The van der Waals surface area contributed by atoms with Gasteiger partial charge in [0.25, 0.3) is 0 Å². The molecule has 0 spiro atoms. The van der Waals surface area contributed by atoms with Crippen molar-refractivity contribution in [3.05, 3.63) is 28.8 Å². The Morgan fingerprint density at radius 1 is 1.43 bits per heavy atom. The number of anilines is 1. The molecule has 1 aliphatic rings. The molecule has 0 aromatic heterocycles. The highest BCUT2D eigenvalue weighted by Crippen LogP contribution is 2.37. The highest BCUT2D eigenvalue weighted by molar-refractivity contribution is 6.33. The second kappa shape index (κ2) is 4.00. The van der Waals surface area contributed by atoms with Crippen LogP contribution in [-0.2, 0) is 5.88 Å². The van der Waals surface area contributed by atoms with E-state index in [1.54, 1.807) is 0 Å². The van der Waals surface area contributed by atoms with Gasteiger partial charge in [-0.25, -0.2) is 0 Å². The van der Waals surface area contributed by atoms with Crippen LogP contribution in [0.4, 0.5) is 5.69 Å². The molecular formula is C11H13Cl2N. The maximum atomic E-state index is 6.17. The van der Waals surface area contributed by atoms with E-state index in [2.05, 4.69) is 11.9 Å². The Labute approximate surface area is 94.6 Å². The minimum atomic E-state index is 0.521. The number of hydrogen-bond donors (Lipinski definition) is 0. The number of rotatable bonds is 3. The summed E-state index contributed by atoms with van der Waals surface area (Å²) in [5.74, 6) is 0.521. The Bertz CT molecular complexity index is 334. The Morgan fingerprint density at radius 3 is 2.71 bits per heavy atom. The van der Waals surface area contributed by atoms with E-state index in [-0.39, 0.29) is 0 Å². The summed E-state index contributed by atoms with van der Waals surface area (Å²) in [4.78, 5) is 2.25.